The number of hydrogen-bond donors (Lipinski definition) is 1. The molecule has 3 aromatic rings. The minimum Gasteiger partial charge on any atom is -0.497 e. The lowest BCUT2D eigenvalue weighted by atomic mass is 10.0. The van der Waals surface area contributed by atoms with Crippen molar-refractivity contribution < 1.29 is 9.15 Å². The smallest absolute Gasteiger partial charge is 0.134 e. The van der Waals surface area contributed by atoms with Crippen molar-refractivity contribution in [1.29, 1.82) is 0 Å². The summed E-state index contributed by atoms with van der Waals surface area (Å²) in [5, 5.41) is 1.07. The molecule has 0 aliphatic rings. The second kappa shape index (κ2) is 4.78. The molecular formula is C16H15NO2. The summed E-state index contributed by atoms with van der Waals surface area (Å²) >= 11 is 0. The molecule has 0 saturated carbocycles. The molecule has 3 rings (SSSR count). The van der Waals surface area contributed by atoms with Crippen molar-refractivity contribution in [2.45, 2.75) is 6.04 Å². The average Bonchev–Trinajstić information content (AvgIpc) is 2.90. The number of rotatable bonds is 3. The molecular weight excluding hydrogens is 238 g/mol. The van der Waals surface area contributed by atoms with E-state index < -0.39 is 0 Å². The first-order valence-electron chi connectivity index (χ1n) is 6.16. The van der Waals surface area contributed by atoms with Crippen LogP contribution in [0, 0.1) is 0 Å². The van der Waals surface area contributed by atoms with Gasteiger partial charge in [-0.25, -0.2) is 0 Å². The molecule has 3 nitrogen and oxygen atoms in total. The molecule has 0 fully saturated rings. The predicted molar refractivity (Wildman–Crippen MR) is 75.2 cm³/mol. The third kappa shape index (κ3) is 2.20. The molecule has 19 heavy (non-hydrogen) atoms. The molecule has 0 amide bonds. The first-order chi connectivity index (χ1) is 9.28. The Morgan fingerprint density at radius 3 is 2.68 bits per heavy atom. The zero-order valence-electron chi connectivity index (χ0n) is 10.7. The summed E-state index contributed by atoms with van der Waals surface area (Å²) in [5.74, 6) is 1.55. The number of nitrogens with two attached hydrogens (primary N) is 1. The highest BCUT2D eigenvalue weighted by atomic mass is 16.5. The van der Waals surface area contributed by atoms with Crippen LogP contribution in [0.3, 0.4) is 0 Å². The monoisotopic (exact) mass is 253 g/mol. The van der Waals surface area contributed by atoms with E-state index in [1.54, 1.807) is 7.11 Å². The highest BCUT2D eigenvalue weighted by Gasteiger charge is 2.14. The van der Waals surface area contributed by atoms with Crippen LogP contribution in [0.25, 0.3) is 11.0 Å². The van der Waals surface area contributed by atoms with E-state index in [2.05, 4.69) is 0 Å². The van der Waals surface area contributed by atoms with Crippen LogP contribution >= 0.6 is 0 Å². The van der Waals surface area contributed by atoms with Gasteiger partial charge in [0.25, 0.3) is 0 Å². The van der Waals surface area contributed by atoms with Gasteiger partial charge in [-0.2, -0.15) is 0 Å². The normalized spacial score (nSPS) is 12.5. The fourth-order valence-electron chi connectivity index (χ4n) is 2.15. The van der Waals surface area contributed by atoms with E-state index in [0.717, 1.165) is 28.0 Å². The number of fused-ring (bicyclic) bond motifs is 1. The molecule has 2 aromatic carbocycles. The van der Waals surface area contributed by atoms with Crippen LogP contribution in [-0.4, -0.2) is 7.11 Å². The van der Waals surface area contributed by atoms with Crippen molar-refractivity contribution in [3.8, 4) is 5.75 Å². The van der Waals surface area contributed by atoms with Gasteiger partial charge in [0.05, 0.1) is 13.2 Å². The van der Waals surface area contributed by atoms with Crippen LogP contribution in [0.2, 0.25) is 0 Å². The van der Waals surface area contributed by atoms with E-state index in [9.17, 15) is 0 Å². The lowest BCUT2D eigenvalue weighted by Gasteiger charge is -2.10. The Balaban J connectivity index is 2.00. The van der Waals surface area contributed by atoms with Crippen LogP contribution in [0.1, 0.15) is 17.4 Å². The highest BCUT2D eigenvalue weighted by molar-refractivity contribution is 5.77. The van der Waals surface area contributed by atoms with Crippen LogP contribution < -0.4 is 10.5 Å². The van der Waals surface area contributed by atoms with Crippen LogP contribution in [-0.2, 0) is 0 Å². The average molecular weight is 253 g/mol. The highest BCUT2D eigenvalue weighted by Crippen LogP contribution is 2.28. The van der Waals surface area contributed by atoms with Crippen molar-refractivity contribution >= 4 is 11.0 Å². The van der Waals surface area contributed by atoms with Crippen LogP contribution in [0.4, 0.5) is 0 Å². The molecule has 1 aromatic heterocycles. The number of methoxy groups -OCH3 is 1. The van der Waals surface area contributed by atoms with Gasteiger partial charge < -0.3 is 14.9 Å². The Morgan fingerprint density at radius 1 is 1.05 bits per heavy atom. The van der Waals surface area contributed by atoms with Gasteiger partial charge in [0.2, 0.25) is 0 Å². The van der Waals surface area contributed by atoms with Gasteiger partial charge in [0.1, 0.15) is 17.1 Å². The lowest BCUT2D eigenvalue weighted by Crippen LogP contribution is -2.10. The predicted octanol–water partition coefficient (Wildman–Crippen LogP) is 3.49. The van der Waals surface area contributed by atoms with Gasteiger partial charge in [-0.15, -0.1) is 0 Å². The molecule has 1 unspecified atom stereocenters. The molecule has 0 radical (unpaired) electrons. The van der Waals surface area contributed by atoms with Crippen molar-refractivity contribution in [3.05, 3.63) is 65.9 Å². The van der Waals surface area contributed by atoms with Crippen molar-refractivity contribution in [3.63, 3.8) is 0 Å². The zero-order valence-corrected chi connectivity index (χ0v) is 10.7. The quantitative estimate of drug-likeness (QED) is 0.777. The first kappa shape index (κ1) is 11.8. The summed E-state index contributed by atoms with van der Waals surface area (Å²) in [6.45, 7) is 0. The number of para-hydroxylation sites is 1. The molecule has 1 heterocycles. The van der Waals surface area contributed by atoms with Gasteiger partial charge in [0.15, 0.2) is 0 Å². The minimum atomic E-state index is -0.289. The van der Waals surface area contributed by atoms with E-state index in [-0.39, 0.29) is 6.04 Å². The Labute approximate surface area is 111 Å². The molecule has 0 aliphatic carbocycles. The van der Waals surface area contributed by atoms with Gasteiger partial charge in [-0.05, 0) is 29.8 Å². The van der Waals surface area contributed by atoms with Gasteiger partial charge >= 0.3 is 0 Å². The van der Waals surface area contributed by atoms with Crippen molar-refractivity contribution in [1.82, 2.24) is 0 Å². The topological polar surface area (TPSA) is 48.4 Å². The Hall–Kier alpha value is -2.26. The minimum absolute atomic E-state index is 0.289. The Morgan fingerprint density at radius 2 is 1.89 bits per heavy atom. The van der Waals surface area contributed by atoms with Crippen molar-refractivity contribution in [2.24, 2.45) is 5.73 Å². The van der Waals surface area contributed by atoms with Gasteiger partial charge in [-0.3, -0.25) is 0 Å². The maximum absolute atomic E-state index is 6.25. The van der Waals surface area contributed by atoms with Gasteiger partial charge in [0, 0.05) is 5.39 Å². The standard InChI is InChI=1S/C16H15NO2/c1-18-13-7-4-6-12(9-13)16(17)15-10-11-5-2-3-8-14(11)19-15/h2-10,16H,17H2,1H3. The van der Waals surface area contributed by atoms with E-state index >= 15 is 0 Å². The third-order valence-electron chi connectivity index (χ3n) is 3.20. The van der Waals surface area contributed by atoms with E-state index in [0.29, 0.717) is 0 Å². The second-order valence-corrected chi connectivity index (χ2v) is 4.44. The summed E-state index contributed by atoms with van der Waals surface area (Å²) in [4.78, 5) is 0. The molecule has 2 N–H and O–H groups in total. The van der Waals surface area contributed by atoms with E-state index in [4.69, 9.17) is 14.9 Å². The number of hydrogen-bond acceptors (Lipinski definition) is 3. The number of benzene rings is 2. The SMILES string of the molecule is COc1cccc(C(N)c2cc3ccccc3o2)c1. The van der Waals surface area contributed by atoms with E-state index in [1.165, 1.54) is 0 Å². The fourth-order valence-corrected chi connectivity index (χ4v) is 2.15. The lowest BCUT2D eigenvalue weighted by molar-refractivity contribution is 0.413. The Kier molecular flexibility index (Phi) is 2.97. The largest absolute Gasteiger partial charge is 0.497 e. The van der Waals surface area contributed by atoms with Crippen LogP contribution in [0.15, 0.2) is 59.0 Å². The van der Waals surface area contributed by atoms with Crippen LogP contribution in [0.5, 0.6) is 5.75 Å². The molecule has 96 valence electrons. The summed E-state index contributed by atoms with van der Waals surface area (Å²) < 4.78 is 11.0. The molecule has 0 aliphatic heterocycles. The maximum atomic E-state index is 6.25. The van der Waals surface area contributed by atoms with E-state index in [1.807, 2.05) is 54.6 Å². The maximum Gasteiger partial charge on any atom is 0.134 e. The summed E-state index contributed by atoms with van der Waals surface area (Å²) in [6.07, 6.45) is 0. The Bertz CT molecular complexity index is 670. The van der Waals surface area contributed by atoms with Crippen molar-refractivity contribution in [2.75, 3.05) is 7.11 Å². The fraction of sp³-hybridized carbons (Fsp3) is 0.125. The summed E-state index contributed by atoms with van der Waals surface area (Å²) in [6, 6.07) is 17.3. The number of ether oxygens (including phenoxy) is 1. The zero-order chi connectivity index (χ0) is 13.2. The molecule has 0 spiro atoms. The van der Waals surface area contributed by atoms with Gasteiger partial charge in [-0.1, -0.05) is 30.3 Å². The molecule has 1 atom stereocenters. The molecule has 3 heteroatoms. The third-order valence-corrected chi connectivity index (χ3v) is 3.20. The first-order valence-corrected chi connectivity index (χ1v) is 6.16. The number of furan rings is 1. The molecule has 0 bridgehead atoms. The summed E-state index contributed by atoms with van der Waals surface area (Å²) in [5.41, 5.74) is 8.08. The summed E-state index contributed by atoms with van der Waals surface area (Å²) in [7, 11) is 1.64. The second-order valence-electron chi connectivity index (χ2n) is 4.44. The molecule has 0 saturated heterocycles.